The zero-order valence-corrected chi connectivity index (χ0v) is 45.4. The molecule has 2 aliphatic rings. The molecule has 2 aromatic carbocycles. The number of hydrogen-bond donors (Lipinski definition) is 0. The smallest absolute Gasteiger partial charge is 0.870 e. The number of carboxylic acid groups (broad SMARTS) is 1. The second-order valence-corrected chi connectivity index (χ2v) is 9.33. The molecule has 1 aliphatic heterocycles. The second-order valence-electron chi connectivity index (χ2n) is 9.33. The summed E-state index contributed by atoms with van der Waals surface area (Å²) in [7, 11) is 0. The predicted octanol–water partition coefficient (Wildman–Crippen LogP) is -14.5. The number of ether oxygens (including phenoxy) is 2. The van der Waals surface area contributed by atoms with Crippen LogP contribution < -0.4 is 277 Å². The number of aliphatic carboxylic acids is 1. The number of benzene rings is 3. The van der Waals surface area contributed by atoms with Crippen LogP contribution in [0.25, 0.3) is 33.4 Å². The van der Waals surface area contributed by atoms with Crippen LogP contribution in [0.15, 0.2) is 51.7 Å². The zero-order chi connectivity index (χ0) is 31.6. The van der Waals surface area contributed by atoms with Gasteiger partial charge in [-0.15, -0.1) is 18.2 Å². The van der Waals surface area contributed by atoms with Crippen molar-refractivity contribution in [1.29, 1.82) is 0 Å². The van der Waals surface area contributed by atoms with Gasteiger partial charge >= 0.3 is 257 Å². The molecule has 1 aliphatic carbocycles. The van der Waals surface area contributed by atoms with Gasteiger partial charge in [0.2, 0.25) is 5.43 Å². The Bertz CT molecular complexity index is 1710. The number of anilines is 1. The van der Waals surface area contributed by atoms with Crippen LogP contribution in [-0.4, -0.2) is 104 Å². The summed E-state index contributed by atoms with van der Waals surface area (Å²) in [6.07, 6.45) is 5.06. The average molecular weight is 869 g/mol. The van der Waals surface area contributed by atoms with E-state index in [1.54, 1.807) is 31.0 Å². The molecular formula is C31H27F2K5N2O13-4. The van der Waals surface area contributed by atoms with Gasteiger partial charge in [0, 0.05) is 36.1 Å². The third-order valence-electron chi connectivity index (χ3n) is 6.45. The number of hydrogen-bond acceptors (Lipinski definition) is 15. The molecule has 0 atom stereocenters. The van der Waals surface area contributed by atoms with E-state index < -0.39 is 29.6 Å². The van der Waals surface area contributed by atoms with Crippen molar-refractivity contribution < 1.29 is 326 Å². The Morgan fingerprint density at radius 2 is 1.47 bits per heavy atom. The van der Waals surface area contributed by atoms with Crippen molar-refractivity contribution >= 4 is 41.5 Å². The molecular weight excluding hydrogens is 842 g/mol. The maximum absolute atomic E-state index is 14.5. The van der Waals surface area contributed by atoms with E-state index in [0.717, 1.165) is 18.2 Å². The largest absolute Gasteiger partial charge is 1.00 e. The van der Waals surface area contributed by atoms with Crippen molar-refractivity contribution in [2.45, 2.75) is 0 Å². The molecule has 0 saturated carbocycles. The number of carbonyl (C=O) groups excluding carboxylic acids is 4. The number of fused-ring (bicyclic) bond motifs is 2. The van der Waals surface area contributed by atoms with Crippen molar-refractivity contribution in [3.05, 3.63) is 70.4 Å². The SMILES string of the molecule is O=[C-]CN(CCOCCOc1ccc(-c2c3cc(F)c(=O)cc-3oc3c[c-]c(F)cc23)cc1N(C[C-]=O)C[C-]=O)CC(=O)[O-].[K+].[K+].[K+].[K+].[K+].[OH-].[OH-].[OH-].[OH-]. The van der Waals surface area contributed by atoms with Crippen molar-refractivity contribution in [2.24, 2.45) is 0 Å². The Kier molecular flexibility index (Phi) is 45.7. The molecule has 4 N–H and O–H groups in total. The summed E-state index contributed by atoms with van der Waals surface area (Å²) in [5.41, 5.74) is 0.392. The first kappa shape index (κ1) is 67.8. The fraction of sp³-hybridized carbons (Fsp3) is 0.258. The molecule has 0 amide bonds. The number of rotatable bonds is 17. The van der Waals surface area contributed by atoms with Gasteiger partial charge in [-0.1, -0.05) is 31.1 Å². The molecule has 53 heavy (non-hydrogen) atoms. The second kappa shape index (κ2) is 35.7. The molecule has 22 heteroatoms. The summed E-state index contributed by atoms with van der Waals surface area (Å²) >= 11 is 0. The van der Waals surface area contributed by atoms with Crippen LogP contribution in [0.4, 0.5) is 14.5 Å². The van der Waals surface area contributed by atoms with Crippen LogP contribution in [0.3, 0.4) is 0 Å². The van der Waals surface area contributed by atoms with Crippen LogP contribution >= 0.6 is 0 Å². The Morgan fingerprint density at radius 1 is 0.849 bits per heavy atom. The summed E-state index contributed by atoms with van der Waals surface area (Å²) in [5, 5.41) is 11.0. The van der Waals surface area contributed by atoms with E-state index in [9.17, 15) is 37.9 Å². The van der Waals surface area contributed by atoms with Gasteiger partial charge in [0.05, 0.1) is 24.9 Å². The fourth-order valence-electron chi connectivity index (χ4n) is 4.54. The molecule has 0 aromatic heterocycles. The van der Waals surface area contributed by atoms with Crippen LogP contribution in [-0.2, 0) is 23.9 Å². The molecule has 0 unspecified atom stereocenters. The third-order valence-corrected chi connectivity index (χ3v) is 6.45. The number of halogens is 2. The van der Waals surface area contributed by atoms with Crippen LogP contribution in [0.5, 0.6) is 5.75 Å². The summed E-state index contributed by atoms with van der Waals surface area (Å²) in [5.74, 6) is -2.84. The summed E-state index contributed by atoms with van der Waals surface area (Å²) in [6, 6.07) is 11.4. The van der Waals surface area contributed by atoms with E-state index in [1.165, 1.54) is 21.9 Å². The monoisotopic (exact) mass is 868 g/mol. The Labute approximate surface area is 516 Å². The normalized spacial score (nSPS) is 9.26. The molecule has 262 valence electrons. The summed E-state index contributed by atoms with van der Waals surface area (Å²) in [4.78, 5) is 58.7. The van der Waals surface area contributed by atoms with Gasteiger partial charge in [0.25, 0.3) is 0 Å². The van der Waals surface area contributed by atoms with Crippen LogP contribution in [0.1, 0.15) is 0 Å². The molecule has 0 fully saturated rings. The number of nitrogens with zero attached hydrogens (tertiary/aromatic N) is 2. The van der Waals surface area contributed by atoms with E-state index in [4.69, 9.17) is 13.9 Å². The predicted molar refractivity (Wildman–Crippen MR) is 158 cm³/mol. The van der Waals surface area contributed by atoms with Gasteiger partial charge < -0.3 is 69.9 Å². The van der Waals surface area contributed by atoms with Gasteiger partial charge in [0.15, 0.2) is 5.82 Å². The maximum atomic E-state index is 14.5. The third kappa shape index (κ3) is 20.4. The van der Waals surface area contributed by atoms with Crippen molar-refractivity contribution in [1.82, 2.24) is 4.90 Å². The average Bonchev–Trinajstić information content (AvgIpc) is 2.98. The Morgan fingerprint density at radius 3 is 2.06 bits per heavy atom. The first-order chi connectivity index (χ1) is 21.2. The number of carboxylic acids is 1. The Hall–Kier alpha value is 3.01. The van der Waals surface area contributed by atoms with Crippen LogP contribution in [0, 0.1) is 17.7 Å². The molecule has 15 nitrogen and oxygen atoms in total. The summed E-state index contributed by atoms with van der Waals surface area (Å²) in [6.45, 7) is -1.12. The van der Waals surface area contributed by atoms with Crippen molar-refractivity contribution in [3.63, 3.8) is 0 Å². The fourth-order valence-corrected chi connectivity index (χ4v) is 4.54. The Balaban J connectivity index is -0.000000614. The quantitative estimate of drug-likeness (QED) is 0.0413. The topological polar surface area (TPSA) is 266 Å². The molecule has 0 saturated heterocycles. The van der Waals surface area contributed by atoms with E-state index in [0.29, 0.717) is 11.1 Å². The van der Waals surface area contributed by atoms with Crippen molar-refractivity contribution in [3.8, 4) is 28.2 Å². The number of carbonyl (C=O) groups is 1. The minimum Gasteiger partial charge on any atom is -0.870 e. The molecule has 0 radical (unpaired) electrons. The standard InChI is InChI=1S/C31H24F2N2O9.5K.4H2O/c32-21-2-4-27-22(16-21)31(23-17-24(33)26(39)18-29(23)44-27)20-1-3-28(25(15-20)35(6-10-37)7-11-38)43-14-13-42-12-8-34(5-9-36)19-30(40)41;;;;;;;;;/h1,3-4,15-18H,5-8,12-14,19H2,(H,40,41);;;;;;4*1H2/q-4;5*+1;;;;/p-5. The molecule has 0 spiro atoms. The van der Waals surface area contributed by atoms with Gasteiger partial charge in [-0.2, -0.15) is 0 Å². The molecule has 2 aromatic rings. The minimum atomic E-state index is -1.35. The molecule has 4 rings (SSSR count). The van der Waals surface area contributed by atoms with E-state index >= 15 is 0 Å². The van der Waals surface area contributed by atoms with Crippen molar-refractivity contribution in [2.75, 3.05) is 57.4 Å². The summed E-state index contributed by atoms with van der Waals surface area (Å²) < 4.78 is 45.8. The first-order valence-electron chi connectivity index (χ1n) is 13.1. The maximum Gasteiger partial charge on any atom is 1.00 e. The van der Waals surface area contributed by atoms with Gasteiger partial charge in [-0.05, 0) is 29.3 Å². The molecule has 0 bridgehead atoms. The van der Waals surface area contributed by atoms with Gasteiger partial charge in [0.1, 0.15) is 18.1 Å². The molecule has 1 heterocycles. The first-order valence-corrected chi connectivity index (χ1v) is 13.1. The minimum absolute atomic E-state index is 0. The van der Waals surface area contributed by atoms with E-state index in [1.807, 2.05) is 0 Å². The van der Waals surface area contributed by atoms with E-state index in [-0.39, 0.29) is 359 Å². The zero-order valence-electron chi connectivity index (χ0n) is 29.8. The van der Waals surface area contributed by atoms with Crippen LogP contribution in [0.2, 0.25) is 0 Å². The van der Waals surface area contributed by atoms with Gasteiger partial charge in [-0.3, -0.25) is 4.79 Å². The van der Waals surface area contributed by atoms with Gasteiger partial charge in [-0.25, -0.2) is 27.6 Å². The van der Waals surface area contributed by atoms with E-state index in [2.05, 4.69) is 6.07 Å².